The molecule has 0 N–H and O–H groups in total. The van der Waals surface area contributed by atoms with Crippen molar-refractivity contribution in [2.45, 2.75) is 26.7 Å². The molecule has 0 unspecified atom stereocenters. The molecule has 0 heterocycles. The second kappa shape index (κ2) is 6.44. The zero-order valence-corrected chi connectivity index (χ0v) is 14.4. The van der Waals surface area contributed by atoms with E-state index in [1.807, 2.05) is 57.3 Å². The molecule has 2 aromatic rings. The van der Waals surface area contributed by atoms with E-state index >= 15 is 0 Å². The molecule has 0 fully saturated rings. The third kappa shape index (κ3) is 3.35. The Bertz CT molecular complexity index is 629. The van der Waals surface area contributed by atoms with Gasteiger partial charge in [0.05, 0.1) is 11.6 Å². The molecule has 1 amide bonds. The Morgan fingerprint density at radius 1 is 1.14 bits per heavy atom. The Morgan fingerprint density at radius 2 is 1.76 bits per heavy atom. The summed E-state index contributed by atoms with van der Waals surface area (Å²) in [6.07, 6.45) is 0. The van der Waals surface area contributed by atoms with E-state index in [9.17, 15) is 4.79 Å². The highest BCUT2D eigenvalue weighted by Gasteiger charge is 2.22. The van der Waals surface area contributed by atoms with Crippen LogP contribution < -0.4 is 4.90 Å². The van der Waals surface area contributed by atoms with Gasteiger partial charge in [-0.2, -0.15) is 0 Å². The lowest BCUT2D eigenvalue weighted by atomic mass is 9.99. The van der Waals surface area contributed by atoms with Crippen LogP contribution in [0.5, 0.6) is 0 Å². The van der Waals surface area contributed by atoms with Gasteiger partial charge in [-0.15, -0.1) is 0 Å². The summed E-state index contributed by atoms with van der Waals surface area (Å²) in [4.78, 5) is 14.5. The highest BCUT2D eigenvalue weighted by atomic mass is 79.9. The monoisotopic (exact) mass is 345 g/mol. The predicted molar refractivity (Wildman–Crippen MR) is 91.9 cm³/mol. The van der Waals surface area contributed by atoms with Crippen molar-refractivity contribution < 1.29 is 4.79 Å². The van der Waals surface area contributed by atoms with Crippen molar-refractivity contribution >= 4 is 27.5 Å². The molecule has 0 aliphatic rings. The molecule has 0 aromatic heterocycles. The van der Waals surface area contributed by atoms with Gasteiger partial charge in [0.1, 0.15) is 0 Å². The first-order valence-electron chi connectivity index (χ1n) is 7.01. The van der Waals surface area contributed by atoms with Gasteiger partial charge in [0.25, 0.3) is 0 Å². The minimum absolute atomic E-state index is 0.0915. The zero-order chi connectivity index (χ0) is 15.6. The Hall–Kier alpha value is -1.61. The first-order valence-corrected chi connectivity index (χ1v) is 7.80. The second-order valence-corrected chi connectivity index (χ2v) is 6.30. The highest BCUT2D eigenvalue weighted by Crippen LogP contribution is 2.32. The average molecular weight is 346 g/mol. The number of carbonyl (C=O) groups excluding carboxylic acids is 1. The number of carbonyl (C=O) groups is 1. The van der Waals surface area contributed by atoms with Gasteiger partial charge >= 0.3 is 0 Å². The van der Waals surface area contributed by atoms with Crippen LogP contribution in [0.4, 0.5) is 5.69 Å². The summed E-state index contributed by atoms with van der Waals surface area (Å²) in [6.45, 7) is 6.03. The van der Waals surface area contributed by atoms with Crippen molar-refractivity contribution in [2.24, 2.45) is 0 Å². The molecular weight excluding hydrogens is 326 g/mol. The fourth-order valence-electron chi connectivity index (χ4n) is 2.62. The normalized spacial score (nSPS) is 12.0. The lowest BCUT2D eigenvalue weighted by Crippen LogP contribution is -2.31. The highest BCUT2D eigenvalue weighted by molar-refractivity contribution is 9.10. The number of nitrogens with zero attached hydrogens (tertiary/aromatic N) is 1. The SMILES string of the molecule is Cc1cc(C)c(N(C)C(=O)[C@@H](C)c2ccccc2)c(Br)c1. The number of rotatable bonds is 3. The lowest BCUT2D eigenvalue weighted by Gasteiger charge is -2.25. The Kier molecular flexibility index (Phi) is 4.84. The maximum absolute atomic E-state index is 12.7. The number of anilines is 1. The summed E-state index contributed by atoms with van der Waals surface area (Å²) < 4.78 is 0.955. The number of hydrogen-bond donors (Lipinski definition) is 0. The summed E-state index contributed by atoms with van der Waals surface area (Å²) >= 11 is 3.58. The van der Waals surface area contributed by atoms with E-state index in [1.54, 1.807) is 4.90 Å². The summed E-state index contributed by atoms with van der Waals surface area (Å²) in [7, 11) is 1.84. The van der Waals surface area contributed by atoms with Crippen LogP contribution in [-0.2, 0) is 4.79 Å². The molecule has 2 rings (SSSR count). The molecule has 0 aliphatic carbocycles. The molecule has 0 bridgehead atoms. The van der Waals surface area contributed by atoms with Crippen LogP contribution in [0.3, 0.4) is 0 Å². The fourth-order valence-corrected chi connectivity index (χ4v) is 3.56. The van der Waals surface area contributed by atoms with Gasteiger partial charge in [-0.25, -0.2) is 0 Å². The molecule has 3 heteroatoms. The van der Waals surface area contributed by atoms with E-state index in [4.69, 9.17) is 0 Å². The maximum atomic E-state index is 12.7. The largest absolute Gasteiger partial charge is 0.314 e. The minimum Gasteiger partial charge on any atom is -0.314 e. The molecule has 110 valence electrons. The topological polar surface area (TPSA) is 20.3 Å². The Morgan fingerprint density at radius 3 is 2.33 bits per heavy atom. The van der Waals surface area contributed by atoms with Gasteiger partial charge in [-0.3, -0.25) is 4.79 Å². The van der Waals surface area contributed by atoms with Crippen LogP contribution in [-0.4, -0.2) is 13.0 Å². The molecule has 21 heavy (non-hydrogen) atoms. The summed E-state index contributed by atoms with van der Waals surface area (Å²) in [5.74, 6) is -0.0716. The van der Waals surface area contributed by atoms with Crippen molar-refractivity contribution in [3.05, 3.63) is 63.6 Å². The van der Waals surface area contributed by atoms with E-state index in [1.165, 1.54) is 5.56 Å². The summed E-state index contributed by atoms with van der Waals surface area (Å²) in [5.41, 5.74) is 4.25. The number of hydrogen-bond acceptors (Lipinski definition) is 1. The van der Waals surface area contributed by atoms with Crippen LogP contribution in [0.2, 0.25) is 0 Å². The van der Waals surface area contributed by atoms with Gasteiger partial charge in [0.2, 0.25) is 5.91 Å². The average Bonchev–Trinajstić information content (AvgIpc) is 2.45. The molecule has 0 saturated carbocycles. The molecule has 2 aromatic carbocycles. The molecule has 0 radical (unpaired) electrons. The van der Waals surface area contributed by atoms with Crippen LogP contribution in [0.25, 0.3) is 0 Å². The van der Waals surface area contributed by atoms with E-state index in [0.717, 1.165) is 21.3 Å². The summed E-state index contributed by atoms with van der Waals surface area (Å²) in [5, 5.41) is 0. The van der Waals surface area contributed by atoms with Crippen molar-refractivity contribution in [3.63, 3.8) is 0 Å². The smallest absolute Gasteiger partial charge is 0.234 e. The molecule has 2 nitrogen and oxygen atoms in total. The van der Waals surface area contributed by atoms with E-state index in [-0.39, 0.29) is 11.8 Å². The van der Waals surface area contributed by atoms with E-state index < -0.39 is 0 Å². The Labute approximate surface area is 134 Å². The lowest BCUT2D eigenvalue weighted by molar-refractivity contribution is -0.119. The number of halogens is 1. The molecule has 0 spiro atoms. The van der Waals surface area contributed by atoms with Gasteiger partial charge in [-0.1, -0.05) is 36.4 Å². The minimum atomic E-state index is -0.163. The first kappa shape index (κ1) is 15.8. The third-order valence-electron chi connectivity index (χ3n) is 3.73. The van der Waals surface area contributed by atoms with Crippen molar-refractivity contribution in [3.8, 4) is 0 Å². The van der Waals surface area contributed by atoms with Crippen LogP contribution in [0.15, 0.2) is 46.9 Å². The van der Waals surface area contributed by atoms with Gasteiger partial charge in [0.15, 0.2) is 0 Å². The van der Waals surface area contributed by atoms with Crippen LogP contribution >= 0.6 is 15.9 Å². The first-order chi connectivity index (χ1) is 9.91. The van der Waals surface area contributed by atoms with Crippen molar-refractivity contribution in [1.29, 1.82) is 0 Å². The number of aryl methyl sites for hydroxylation is 2. The van der Waals surface area contributed by atoms with Crippen molar-refractivity contribution in [2.75, 3.05) is 11.9 Å². The maximum Gasteiger partial charge on any atom is 0.234 e. The summed E-state index contributed by atoms with van der Waals surface area (Å²) in [6, 6.07) is 14.0. The number of benzene rings is 2. The quantitative estimate of drug-likeness (QED) is 0.779. The number of likely N-dealkylation sites (N-methyl/N-ethyl adjacent to an activating group) is 1. The van der Waals surface area contributed by atoms with Gasteiger partial charge < -0.3 is 4.90 Å². The standard InChI is InChI=1S/C18H20BrNO/c1-12-10-13(2)17(16(19)11-12)20(4)18(21)14(3)15-8-6-5-7-9-15/h5-11,14H,1-4H3/t14-/m0/s1. The van der Waals surface area contributed by atoms with E-state index in [0.29, 0.717) is 0 Å². The Balaban J connectivity index is 2.32. The third-order valence-corrected chi connectivity index (χ3v) is 4.34. The number of amides is 1. The van der Waals surface area contributed by atoms with Crippen LogP contribution in [0.1, 0.15) is 29.5 Å². The van der Waals surface area contributed by atoms with Crippen molar-refractivity contribution in [1.82, 2.24) is 0 Å². The molecule has 1 atom stereocenters. The predicted octanol–water partition coefficient (Wildman–Crippen LogP) is 4.83. The second-order valence-electron chi connectivity index (χ2n) is 5.44. The van der Waals surface area contributed by atoms with Gasteiger partial charge in [0, 0.05) is 11.5 Å². The van der Waals surface area contributed by atoms with E-state index in [2.05, 4.69) is 28.9 Å². The molecular formula is C18H20BrNO. The van der Waals surface area contributed by atoms with Gasteiger partial charge in [-0.05, 0) is 59.5 Å². The zero-order valence-electron chi connectivity index (χ0n) is 12.9. The van der Waals surface area contributed by atoms with Crippen LogP contribution in [0, 0.1) is 13.8 Å². The molecule has 0 saturated heterocycles. The molecule has 0 aliphatic heterocycles. The fraction of sp³-hybridized carbons (Fsp3) is 0.278.